The smallest absolute Gasteiger partial charge is 0.236 e. The highest BCUT2D eigenvalue weighted by Gasteiger charge is 2.22. The Morgan fingerprint density at radius 1 is 1.06 bits per heavy atom. The van der Waals surface area contributed by atoms with E-state index in [2.05, 4.69) is 32.6 Å². The highest BCUT2D eigenvalue weighted by Crippen LogP contribution is 2.29. The number of nitrogens with one attached hydrogen (secondary N) is 1. The molecule has 182 valence electrons. The molecule has 4 aromatic rings. The summed E-state index contributed by atoms with van der Waals surface area (Å²) in [7, 11) is 1.62. The van der Waals surface area contributed by atoms with E-state index in [-0.39, 0.29) is 11.7 Å². The van der Waals surface area contributed by atoms with Crippen molar-refractivity contribution in [1.29, 1.82) is 0 Å². The first-order valence-electron chi connectivity index (χ1n) is 11.1. The Morgan fingerprint density at radius 3 is 2.51 bits per heavy atom. The van der Waals surface area contributed by atoms with Crippen LogP contribution in [0.3, 0.4) is 0 Å². The molecule has 4 rings (SSSR count). The minimum atomic E-state index is -0.391. The third kappa shape index (κ3) is 6.37. The zero-order valence-corrected chi connectivity index (χ0v) is 21.3. The molecule has 0 aliphatic heterocycles. The normalized spacial score (nSPS) is 11.7. The van der Waals surface area contributed by atoms with Gasteiger partial charge in [0.25, 0.3) is 0 Å². The molecule has 0 saturated heterocycles. The molecule has 1 unspecified atom stereocenters. The number of ether oxygens (including phenoxy) is 2. The van der Waals surface area contributed by atoms with Crippen LogP contribution in [0.1, 0.15) is 37.2 Å². The summed E-state index contributed by atoms with van der Waals surface area (Å²) in [5.41, 5.74) is 0.883. The summed E-state index contributed by atoms with van der Waals surface area (Å²) in [5, 5.41) is 21.7. The molecule has 0 aliphatic carbocycles. The summed E-state index contributed by atoms with van der Waals surface area (Å²) in [4.78, 5) is 12.5. The number of nitrogens with zero attached hydrogens (tertiary/aromatic N) is 5. The fourth-order valence-electron chi connectivity index (χ4n) is 3.27. The maximum absolute atomic E-state index is 12.5. The van der Waals surface area contributed by atoms with Gasteiger partial charge in [-0.2, -0.15) is 0 Å². The van der Waals surface area contributed by atoms with Gasteiger partial charge in [-0.05, 0) is 49.7 Å². The molecule has 0 fully saturated rings. The van der Waals surface area contributed by atoms with Gasteiger partial charge in [-0.3, -0.25) is 14.7 Å². The quantitative estimate of drug-likeness (QED) is 0.283. The van der Waals surface area contributed by atoms with Crippen LogP contribution in [-0.2, 0) is 11.2 Å². The zero-order chi connectivity index (χ0) is 24.6. The molecular formula is C24H26N6O3S2. The first-order chi connectivity index (χ1) is 17.1. The number of benzene rings is 2. The van der Waals surface area contributed by atoms with Crippen molar-refractivity contribution >= 4 is 34.1 Å². The van der Waals surface area contributed by atoms with E-state index in [1.807, 2.05) is 66.1 Å². The number of aryl methyl sites for hydroxylation is 1. The Hall–Kier alpha value is -3.44. The van der Waals surface area contributed by atoms with Crippen LogP contribution in [0.2, 0.25) is 0 Å². The number of hydrogen-bond acceptors (Lipinski definition) is 9. The Bertz CT molecular complexity index is 1240. The van der Waals surface area contributed by atoms with Gasteiger partial charge in [0.15, 0.2) is 17.1 Å². The van der Waals surface area contributed by atoms with Crippen LogP contribution in [0.25, 0.3) is 5.69 Å². The van der Waals surface area contributed by atoms with Crippen molar-refractivity contribution < 1.29 is 14.3 Å². The monoisotopic (exact) mass is 510 g/mol. The molecule has 35 heavy (non-hydrogen) atoms. The third-order valence-electron chi connectivity index (χ3n) is 4.92. The second-order valence-corrected chi connectivity index (χ2v) is 9.54. The number of hydrogen-bond donors (Lipinski definition) is 1. The van der Waals surface area contributed by atoms with Crippen molar-refractivity contribution in [3.63, 3.8) is 0 Å². The predicted molar refractivity (Wildman–Crippen MR) is 137 cm³/mol. The van der Waals surface area contributed by atoms with E-state index in [9.17, 15) is 4.79 Å². The van der Waals surface area contributed by atoms with Crippen molar-refractivity contribution in [3.05, 3.63) is 65.4 Å². The third-order valence-corrected chi connectivity index (χ3v) is 6.75. The molecule has 11 heteroatoms. The van der Waals surface area contributed by atoms with Crippen molar-refractivity contribution in [1.82, 2.24) is 25.0 Å². The number of aromatic nitrogens is 5. The Morgan fingerprint density at radius 2 is 1.80 bits per heavy atom. The number of methoxy groups -OCH3 is 1. The summed E-state index contributed by atoms with van der Waals surface area (Å²) in [5.74, 6) is 2.05. The second-order valence-electron chi connectivity index (χ2n) is 7.54. The molecular weight excluding hydrogens is 484 g/mol. The molecule has 2 aromatic carbocycles. The van der Waals surface area contributed by atoms with Crippen molar-refractivity contribution in [2.24, 2.45) is 0 Å². The van der Waals surface area contributed by atoms with E-state index in [4.69, 9.17) is 9.47 Å². The SMILES string of the molecule is CCCc1nnc(NC(=O)CSc2nnc(C(C)Oc3ccc(OC)cc3)n2-c2ccccc2)s1. The van der Waals surface area contributed by atoms with Gasteiger partial charge in [-0.1, -0.05) is 48.2 Å². The minimum absolute atomic E-state index is 0.154. The molecule has 1 N–H and O–H groups in total. The van der Waals surface area contributed by atoms with Crippen molar-refractivity contribution in [2.45, 2.75) is 37.9 Å². The number of rotatable bonds is 11. The molecule has 9 nitrogen and oxygen atoms in total. The van der Waals surface area contributed by atoms with Crippen LogP contribution in [0.5, 0.6) is 11.5 Å². The highest BCUT2D eigenvalue weighted by atomic mass is 32.2. The Balaban J connectivity index is 1.49. The molecule has 0 bridgehead atoms. The summed E-state index contributed by atoms with van der Waals surface area (Å²) >= 11 is 2.70. The summed E-state index contributed by atoms with van der Waals surface area (Å²) in [6.07, 6.45) is 1.44. The number of carbonyl (C=O) groups excluding carboxylic acids is 1. The number of thioether (sulfide) groups is 1. The van der Waals surface area contributed by atoms with Crippen LogP contribution in [-0.4, -0.2) is 43.7 Å². The van der Waals surface area contributed by atoms with Gasteiger partial charge in [0.1, 0.15) is 16.5 Å². The standard InChI is InChI=1S/C24H26N6O3S2/c1-4-8-21-26-28-23(35-21)25-20(31)15-34-24-29-27-22(30(24)17-9-6-5-7-10-17)16(2)33-19-13-11-18(32-3)12-14-19/h5-7,9-14,16H,4,8,15H2,1-3H3,(H,25,28,31). The van der Waals surface area contributed by atoms with Crippen LogP contribution in [0, 0.1) is 0 Å². The first-order valence-corrected chi connectivity index (χ1v) is 12.9. The first kappa shape index (κ1) is 24.7. The molecule has 2 aromatic heterocycles. The molecule has 2 heterocycles. The number of anilines is 1. The summed E-state index contributed by atoms with van der Waals surface area (Å²) in [6.45, 7) is 3.99. The van der Waals surface area contributed by atoms with E-state index < -0.39 is 6.10 Å². The van der Waals surface area contributed by atoms with E-state index >= 15 is 0 Å². The maximum Gasteiger partial charge on any atom is 0.236 e. The Kier molecular flexibility index (Phi) is 8.32. The van der Waals surface area contributed by atoms with E-state index in [1.165, 1.54) is 23.1 Å². The van der Waals surface area contributed by atoms with Crippen LogP contribution < -0.4 is 14.8 Å². The second kappa shape index (κ2) is 11.8. The number of carbonyl (C=O) groups is 1. The van der Waals surface area contributed by atoms with Gasteiger partial charge >= 0.3 is 0 Å². The lowest BCUT2D eigenvalue weighted by molar-refractivity contribution is -0.113. The van der Waals surface area contributed by atoms with Crippen LogP contribution in [0.4, 0.5) is 5.13 Å². The summed E-state index contributed by atoms with van der Waals surface area (Å²) in [6, 6.07) is 17.1. The molecule has 0 radical (unpaired) electrons. The fraction of sp³-hybridized carbons (Fsp3) is 0.292. The topological polar surface area (TPSA) is 104 Å². The van der Waals surface area contributed by atoms with Gasteiger partial charge in [-0.25, -0.2) is 0 Å². The fourth-order valence-corrected chi connectivity index (χ4v) is 4.89. The van der Waals surface area contributed by atoms with E-state index in [1.54, 1.807) is 7.11 Å². The lowest BCUT2D eigenvalue weighted by Crippen LogP contribution is -2.15. The Labute approximate surface area is 211 Å². The lowest BCUT2D eigenvalue weighted by atomic mass is 10.3. The average Bonchev–Trinajstić information content (AvgIpc) is 3.51. The zero-order valence-electron chi connectivity index (χ0n) is 19.7. The van der Waals surface area contributed by atoms with Gasteiger partial charge in [0.05, 0.1) is 12.9 Å². The molecule has 0 saturated carbocycles. The molecule has 1 amide bonds. The highest BCUT2D eigenvalue weighted by molar-refractivity contribution is 7.99. The van der Waals surface area contributed by atoms with Crippen LogP contribution >= 0.6 is 23.1 Å². The molecule has 1 atom stereocenters. The van der Waals surface area contributed by atoms with E-state index in [0.717, 1.165) is 29.3 Å². The van der Waals surface area contributed by atoms with Gasteiger partial charge in [-0.15, -0.1) is 20.4 Å². The van der Waals surface area contributed by atoms with Crippen molar-refractivity contribution in [3.8, 4) is 17.2 Å². The molecule has 0 spiro atoms. The molecule has 0 aliphatic rings. The van der Waals surface area contributed by atoms with Gasteiger partial charge in [0, 0.05) is 12.1 Å². The minimum Gasteiger partial charge on any atom is -0.497 e. The van der Waals surface area contributed by atoms with Crippen molar-refractivity contribution in [2.75, 3.05) is 18.2 Å². The number of para-hydroxylation sites is 1. The predicted octanol–water partition coefficient (Wildman–Crippen LogP) is 4.95. The summed E-state index contributed by atoms with van der Waals surface area (Å²) < 4.78 is 13.2. The largest absolute Gasteiger partial charge is 0.497 e. The average molecular weight is 511 g/mol. The lowest BCUT2D eigenvalue weighted by Gasteiger charge is -2.17. The van der Waals surface area contributed by atoms with Crippen LogP contribution in [0.15, 0.2) is 59.8 Å². The van der Waals surface area contributed by atoms with E-state index in [0.29, 0.717) is 21.9 Å². The maximum atomic E-state index is 12.5. The number of amides is 1. The van der Waals surface area contributed by atoms with Gasteiger partial charge < -0.3 is 9.47 Å². The van der Waals surface area contributed by atoms with Gasteiger partial charge in [0.2, 0.25) is 11.0 Å².